The van der Waals surface area contributed by atoms with Crippen molar-refractivity contribution in [2.24, 2.45) is 0 Å². The first-order chi connectivity index (χ1) is 16.1. The molecule has 2 unspecified atom stereocenters. The molecular formula is C20H17ClF4NO8P. The van der Waals surface area contributed by atoms with Gasteiger partial charge < -0.3 is 19.3 Å². The highest BCUT2D eigenvalue weighted by Crippen LogP contribution is 2.51. The lowest BCUT2D eigenvalue weighted by molar-refractivity contribution is -0.137. The highest BCUT2D eigenvalue weighted by Gasteiger charge is 2.57. The maximum atomic E-state index is 16.6. The number of anilines is 1. The third-order valence-electron chi connectivity index (χ3n) is 4.91. The number of benzene rings is 2. The Morgan fingerprint density at radius 3 is 2.43 bits per heavy atom. The molecule has 0 spiro atoms. The number of phosphoric acid groups is 1. The van der Waals surface area contributed by atoms with Gasteiger partial charge in [0, 0.05) is 16.1 Å². The van der Waals surface area contributed by atoms with Crippen molar-refractivity contribution < 1.29 is 55.5 Å². The molecule has 2 amide bonds. The molecule has 0 saturated carbocycles. The lowest BCUT2D eigenvalue weighted by Gasteiger charge is -2.23. The number of carbonyl (C=O) groups excluding carboxylic acids is 2. The average Bonchev–Trinajstić information content (AvgIpc) is 2.97. The monoisotopic (exact) mass is 541 g/mol. The summed E-state index contributed by atoms with van der Waals surface area (Å²) >= 11 is 5.95. The van der Waals surface area contributed by atoms with Crippen LogP contribution in [0.2, 0.25) is 5.02 Å². The Hall–Kier alpha value is -2.70. The highest BCUT2D eigenvalue weighted by atomic mass is 35.5. The summed E-state index contributed by atoms with van der Waals surface area (Å²) in [7, 11) is -3.79. The number of alkyl halides is 4. The van der Waals surface area contributed by atoms with Gasteiger partial charge in [-0.15, -0.1) is 0 Å². The van der Waals surface area contributed by atoms with E-state index in [1.165, 1.54) is 12.1 Å². The summed E-state index contributed by atoms with van der Waals surface area (Å²) in [6.07, 6.45) is -7.87. The summed E-state index contributed by atoms with van der Waals surface area (Å²) in [6, 6.07) is 5.26. The molecule has 190 valence electrons. The maximum Gasteiger partial charge on any atom is 0.469 e. The van der Waals surface area contributed by atoms with Gasteiger partial charge in [-0.05, 0) is 37.3 Å². The molecule has 3 rings (SSSR count). The number of rotatable bonds is 6. The Balaban J connectivity index is 2.10. The number of halogens is 5. The molecule has 0 fully saturated rings. The minimum absolute atomic E-state index is 0.0245. The molecule has 35 heavy (non-hydrogen) atoms. The fourth-order valence-electron chi connectivity index (χ4n) is 3.47. The Kier molecular flexibility index (Phi) is 7.22. The van der Waals surface area contributed by atoms with Gasteiger partial charge in [-0.3, -0.25) is 9.32 Å². The van der Waals surface area contributed by atoms with Gasteiger partial charge >= 0.3 is 20.1 Å². The van der Waals surface area contributed by atoms with E-state index in [1.807, 2.05) is 0 Å². The minimum Gasteiger partial charge on any atom is -0.496 e. The number of fused-ring (bicyclic) bond motifs is 1. The number of imide groups is 1. The van der Waals surface area contributed by atoms with Crippen LogP contribution in [0.1, 0.15) is 23.6 Å². The van der Waals surface area contributed by atoms with Gasteiger partial charge in [-0.25, -0.2) is 18.6 Å². The van der Waals surface area contributed by atoms with Crippen molar-refractivity contribution in [3.63, 3.8) is 0 Å². The smallest absolute Gasteiger partial charge is 0.469 e. The van der Waals surface area contributed by atoms with E-state index in [9.17, 15) is 27.3 Å². The summed E-state index contributed by atoms with van der Waals surface area (Å²) in [6.45, 7) is 0.298. The van der Waals surface area contributed by atoms with E-state index in [0.717, 1.165) is 20.1 Å². The van der Waals surface area contributed by atoms with Crippen molar-refractivity contribution in [2.45, 2.75) is 24.9 Å². The predicted molar refractivity (Wildman–Crippen MR) is 113 cm³/mol. The van der Waals surface area contributed by atoms with Crippen LogP contribution in [0.15, 0.2) is 36.4 Å². The molecule has 15 heteroatoms. The molecule has 0 bridgehead atoms. The lowest BCUT2D eigenvalue weighted by Crippen LogP contribution is -2.42. The average molecular weight is 542 g/mol. The van der Waals surface area contributed by atoms with Crippen LogP contribution in [-0.2, 0) is 30.5 Å². The van der Waals surface area contributed by atoms with Gasteiger partial charge in [0.05, 0.1) is 18.4 Å². The third kappa shape index (κ3) is 5.29. The molecule has 2 aromatic rings. The molecule has 2 atom stereocenters. The zero-order valence-corrected chi connectivity index (χ0v) is 19.5. The van der Waals surface area contributed by atoms with Crippen molar-refractivity contribution in [3.05, 3.63) is 58.1 Å². The topological polar surface area (TPSA) is 123 Å². The second-order valence-corrected chi connectivity index (χ2v) is 8.99. The van der Waals surface area contributed by atoms with E-state index < -0.39 is 66.8 Å². The molecule has 0 radical (unpaired) electrons. The van der Waals surface area contributed by atoms with Gasteiger partial charge in [0.2, 0.25) is 5.67 Å². The van der Waals surface area contributed by atoms with Crippen molar-refractivity contribution in [1.29, 1.82) is 0 Å². The zero-order valence-electron chi connectivity index (χ0n) is 17.9. The first-order valence-electron chi connectivity index (χ1n) is 9.59. The van der Waals surface area contributed by atoms with Crippen molar-refractivity contribution in [1.82, 2.24) is 0 Å². The quantitative estimate of drug-likeness (QED) is 0.403. The zero-order chi connectivity index (χ0) is 26.3. The molecule has 1 aliphatic heterocycles. The Labute approximate surface area is 200 Å². The number of phosphoric ester groups is 1. The SMILES string of the molecule is COc1ccc(Cl)cc1C1(F)C(=O)N(C(=O)OCC(C)OP(=O)(O)O)c2cc(C(F)(F)F)ccc21. The number of carbonyl (C=O) groups is 2. The van der Waals surface area contributed by atoms with Gasteiger partial charge in [0.15, 0.2) is 0 Å². The van der Waals surface area contributed by atoms with E-state index in [4.69, 9.17) is 30.9 Å². The summed E-state index contributed by atoms with van der Waals surface area (Å²) < 4.78 is 81.7. The largest absolute Gasteiger partial charge is 0.496 e. The Morgan fingerprint density at radius 2 is 1.86 bits per heavy atom. The number of hydrogen-bond acceptors (Lipinski definition) is 6. The molecule has 1 aliphatic rings. The van der Waals surface area contributed by atoms with Gasteiger partial charge in [0.25, 0.3) is 5.91 Å². The minimum atomic E-state index is -4.96. The summed E-state index contributed by atoms with van der Waals surface area (Å²) in [5, 5.41) is -0.0245. The van der Waals surface area contributed by atoms with E-state index in [-0.39, 0.29) is 15.7 Å². The summed E-state index contributed by atoms with van der Waals surface area (Å²) in [4.78, 5) is 43.7. The first-order valence-corrected chi connectivity index (χ1v) is 11.5. The van der Waals surface area contributed by atoms with Gasteiger partial charge in [0.1, 0.15) is 18.5 Å². The van der Waals surface area contributed by atoms with Crippen molar-refractivity contribution >= 4 is 37.1 Å². The molecule has 0 aromatic heterocycles. The molecule has 2 aromatic carbocycles. The number of hydrogen-bond donors (Lipinski definition) is 2. The standard InChI is InChI=1S/C20H17ClF4NO8P/c1-10(34-35(29,30)31)9-33-18(28)26-15-7-11(20(23,24)25)3-5-13(15)19(22,17(26)27)14-8-12(21)4-6-16(14)32-2/h3-8,10H,9H2,1-2H3,(H2,29,30,31). The highest BCUT2D eigenvalue weighted by molar-refractivity contribution is 7.46. The third-order valence-corrected chi connectivity index (χ3v) is 5.78. The number of amides is 2. The van der Waals surface area contributed by atoms with Crippen LogP contribution in [0.5, 0.6) is 5.75 Å². The second kappa shape index (κ2) is 9.40. The van der Waals surface area contributed by atoms with E-state index >= 15 is 4.39 Å². The molecule has 0 saturated heterocycles. The van der Waals surface area contributed by atoms with Gasteiger partial charge in [-0.1, -0.05) is 17.7 Å². The lowest BCUT2D eigenvalue weighted by atomic mass is 9.88. The summed E-state index contributed by atoms with van der Waals surface area (Å²) in [5.41, 5.74) is -6.28. The maximum absolute atomic E-state index is 16.6. The Bertz CT molecular complexity index is 1220. The Morgan fingerprint density at radius 1 is 1.20 bits per heavy atom. The first kappa shape index (κ1) is 26.9. The number of nitrogens with zero attached hydrogens (tertiary/aromatic N) is 1. The van der Waals surface area contributed by atoms with Crippen LogP contribution in [-0.4, -0.2) is 41.6 Å². The predicted octanol–water partition coefficient (Wildman–Crippen LogP) is 4.56. The molecule has 2 N–H and O–H groups in total. The molecule has 1 heterocycles. The van der Waals surface area contributed by atoms with Crippen LogP contribution in [0, 0.1) is 0 Å². The van der Waals surface area contributed by atoms with Crippen LogP contribution in [0.25, 0.3) is 0 Å². The van der Waals surface area contributed by atoms with Crippen molar-refractivity contribution in [3.8, 4) is 5.75 Å². The van der Waals surface area contributed by atoms with Gasteiger partial charge in [-0.2, -0.15) is 13.2 Å². The van der Waals surface area contributed by atoms with Crippen LogP contribution >= 0.6 is 19.4 Å². The molecular weight excluding hydrogens is 525 g/mol. The molecule has 0 aliphatic carbocycles. The van der Waals surface area contributed by atoms with E-state index in [2.05, 4.69) is 4.52 Å². The van der Waals surface area contributed by atoms with Crippen LogP contribution in [0.4, 0.5) is 28.0 Å². The van der Waals surface area contributed by atoms with E-state index in [0.29, 0.717) is 18.2 Å². The fourth-order valence-corrected chi connectivity index (χ4v) is 4.17. The van der Waals surface area contributed by atoms with Crippen LogP contribution in [0.3, 0.4) is 0 Å². The van der Waals surface area contributed by atoms with Crippen molar-refractivity contribution in [2.75, 3.05) is 18.6 Å². The van der Waals surface area contributed by atoms with Crippen LogP contribution < -0.4 is 9.64 Å². The summed E-state index contributed by atoms with van der Waals surface area (Å²) in [5.74, 6) is -1.78. The number of ether oxygens (including phenoxy) is 2. The van der Waals surface area contributed by atoms with E-state index in [1.54, 1.807) is 0 Å². The normalized spacial score (nSPS) is 18.9. The number of methoxy groups -OCH3 is 1. The molecule has 9 nitrogen and oxygen atoms in total. The fraction of sp³-hybridized carbons (Fsp3) is 0.300. The second-order valence-electron chi connectivity index (χ2n) is 7.36.